The molecular weight excluding hydrogens is 212 g/mol. The number of amides is 1. The van der Waals surface area contributed by atoms with Crippen LogP contribution in [0, 0.1) is 0 Å². The van der Waals surface area contributed by atoms with Gasteiger partial charge in [0.15, 0.2) is 0 Å². The van der Waals surface area contributed by atoms with E-state index >= 15 is 0 Å². The van der Waals surface area contributed by atoms with E-state index in [1.807, 2.05) is 18.2 Å². The van der Waals surface area contributed by atoms with Gasteiger partial charge in [-0.15, -0.1) is 0 Å². The molecule has 0 saturated heterocycles. The van der Waals surface area contributed by atoms with Crippen molar-refractivity contribution in [3.05, 3.63) is 34.3 Å². The van der Waals surface area contributed by atoms with E-state index in [1.165, 1.54) is 5.56 Å². The third-order valence-electron chi connectivity index (χ3n) is 2.74. The van der Waals surface area contributed by atoms with Crippen molar-refractivity contribution in [2.75, 3.05) is 13.1 Å². The highest BCUT2D eigenvalue weighted by Gasteiger charge is 2.20. The van der Waals surface area contributed by atoms with Crippen LogP contribution in [0.3, 0.4) is 0 Å². The summed E-state index contributed by atoms with van der Waals surface area (Å²) in [5.74, 6) is 0.000579. The highest BCUT2D eigenvalue weighted by atomic mass is 35.5. The number of rotatable bonds is 1. The average molecular weight is 225 g/mol. The predicted octanol–water partition coefficient (Wildman–Crippen LogP) is 1.18. The molecule has 0 saturated carbocycles. The Kier molecular flexibility index (Phi) is 2.93. The Morgan fingerprint density at radius 2 is 2.33 bits per heavy atom. The van der Waals surface area contributed by atoms with E-state index < -0.39 is 0 Å². The number of benzene rings is 1. The molecule has 1 heterocycles. The van der Waals surface area contributed by atoms with Crippen molar-refractivity contribution in [3.63, 3.8) is 0 Å². The largest absolute Gasteiger partial charge is 0.337 e. The molecule has 0 fully saturated rings. The van der Waals surface area contributed by atoms with Gasteiger partial charge >= 0.3 is 0 Å². The minimum absolute atomic E-state index is 0.000579. The summed E-state index contributed by atoms with van der Waals surface area (Å²) in [4.78, 5) is 13.2. The molecule has 1 aromatic carbocycles. The molecule has 0 spiro atoms. The third-order valence-corrected chi connectivity index (χ3v) is 3.09. The number of fused-ring (bicyclic) bond motifs is 1. The smallest absolute Gasteiger partial charge is 0.236 e. The normalized spacial score (nSPS) is 14.9. The van der Waals surface area contributed by atoms with Crippen LogP contribution in [0.15, 0.2) is 18.2 Å². The fourth-order valence-corrected chi connectivity index (χ4v) is 2.19. The second kappa shape index (κ2) is 4.21. The van der Waals surface area contributed by atoms with Crippen LogP contribution in [-0.2, 0) is 17.8 Å². The molecule has 2 N–H and O–H groups in total. The summed E-state index contributed by atoms with van der Waals surface area (Å²) in [6, 6.07) is 5.82. The highest BCUT2D eigenvalue weighted by molar-refractivity contribution is 6.31. The number of halogens is 1. The van der Waals surface area contributed by atoms with Crippen LogP contribution in [0.5, 0.6) is 0 Å². The molecule has 0 bridgehead atoms. The minimum atomic E-state index is 0.000579. The van der Waals surface area contributed by atoms with Crippen molar-refractivity contribution >= 4 is 17.5 Å². The van der Waals surface area contributed by atoms with Crippen molar-refractivity contribution in [1.82, 2.24) is 4.90 Å². The lowest BCUT2D eigenvalue weighted by Gasteiger charge is -2.29. The second-order valence-electron chi connectivity index (χ2n) is 3.65. The van der Waals surface area contributed by atoms with Crippen LogP contribution >= 0.6 is 11.6 Å². The Labute approximate surface area is 93.8 Å². The summed E-state index contributed by atoms with van der Waals surface area (Å²) >= 11 is 6.08. The van der Waals surface area contributed by atoms with Crippen LogP contribution < -0.4 is 5.73 Å². The summed E-state index contributed by atoms with van der Waals surface area (Å²) in [7, 11) is 0. The molecule has 3 nitrogen and oxygen atoms in total. The summed E-state index contributed by atoms with van der Waals surface area (Å²) in [5, 5.41) is 0.798. The second-order valence-corrected chi connectivity index (χ2v) is 4.05. The maximum atomic E-state index is 11.4. The maximum absolute atomic E-state index is 11.4. The summed E-state index contributed by atoms with van der Waals surface area (Å²) in [6.45, 7) is 1.43. The fraction of sp³-hybridized carbons (Fsp3) is 0.364. The molecule has 1 aliphatic rings. The number of carbonyl (C=O) groups excluding carboxylic acids is 1. The third kappa shape index (κ3) is 1.98. The van der Waals surface area contributed by atoms with Gasteiger partial charge < -0.3 is 10.6 Å². The van der Waals surface area contributed by atoms with Crippen molar-refractivity contribution in [3.8, 4) is 0 Å². The van der Waals surface area contributed by atoms with Crippen LogP contribution in [0.2, 0.25) is 5.02 Å². The van der Waals surface area contributed by atoms with Gasteiger partial charge in [0.1, 0.15) is 0 Å². The molecule has 2 rings (SSSR count). The maximum Gasteiger partial charge on any atom is 0.236 e. The molecule has 0 radical (unpaired) electrons. The molecule has 0 aliphatic carbocycles. The van der Waals surface area contributed by atoms with Gasteiger partial charge in [0.05, 0.1) is 6.54 Å². The van der Waals surface area contributed by atoms with Crippen molar-refractivity contribution < 1.29 is 4.79 Å². The molecule has 1 aliphatic heterocycles. The quantitative estimate of drug-likeness (QED) is 0.779. The monoisotopic (exact) mass is 224 g/mol. The molecule has 1 amide bonds. The Morgan fingerprint density at radius 1 is 1.53 bits per heavy atom. The van der Waals surface area contributed by atoms with Gasteiger partial charge in [-0.2, -0.15) is 0 Å². The van der Waals surface area contributed by atoms with E-state index in [1.54, 1.807) is 4.90 Å². The molecule has 0 aromatic heterocycles. The van der Waals surface area contributed by atoms with Crippen LogP contribution in [0.4, 0.5) is 0 Å². The van der Waals surface area contributed by atoms with Crippen molar-refractivity contribution in [2.45, 2.75) is 13.0 Å². The molecule has 80 valence electrons. The zero-order valence-electron chi connectivity index (χ0n) is 8.37. The zero-order valence-corrected chi connectivity index (χ0v) is 9.13. The van der Waals surface area contributed by atoms with Gasteiger partial charge in [0.25, 0.3) is 0 Å². The number of hydrogen-bond donors (Lipinski definition) is 1. The molecule has 1 aromatic rings. The molecule has 0 unspecified atom stereocenters. The zero-order chi connectivity index (χ0) is 10.8. The Hall–Kier alpha value is -1.06. The van der Waals surface area contributed by atoms with Crippen LogP contribution in [0.25, 0.3) is 0 Å². The summed E-state index contributed by atoms with van der Waals surface area (Å²) < 4.78 is 0. The molecule has 4 heteroatoms. The Balaban J connectivity index is 2.24. The average Bonchev–Trinajstić information content (AvgIpc) is 2.28. The first-order valence-electron chi connectivity index (χ1n) is 4.96. The van der Waals surface area contributed by atoms with Crippen molar-refractivity contribution in [2.24, 2.45) is 5.73 Å². The van der Waals surface area contributed by atoms with E-state index in [0.717, 1.165) is 17.0 Å². The van der Waals surface area contributed by atoms with Gasteiger partial charge in [-0.1, -0.05) is 23.7 Å². The van der Waals surface area contributed by atoms with Gasteiger partial charge in [0, 0.05) is 18.1 Å². The first-order chi connectivity index (χ1) is 7.22. The van der Waals surface area contributed by atoms with Gasteiger partial charge in [-0.3, -0.25) is 4.79 Å². The molecule has 0 atom stereocenters. The van der Waals surface area contributed by atoms with E-state index in [-0.39, 0.29) is 12.5 Å². The highest BCUT2D eigenvalue weighted by Crippen LogP contribution is 2.25. The standard InChI is InChI=1S/C11H13ClN2O/c12-10-3-1-2-8-7-14(11(15)6-13)5-4-9(8)10/h1-3H,4-7,13H2. The topological polar surface area (TPSA) is 46.3 Å². The Bertz CT molecular complexity index is 392. The van der Waals surface area contributed by atoms with Crippen LogP contribution in [0.1, 0.15) is 11.1 Å². The summed E-state index contributed by atoms with van der Waals surface area (Å²) in [6.07, 6.45) is 0.820. The van der Waals surface area contributed by atoms with E-state index in [4.69, 9.17) is 17.3 Å². The lowest BCUT2D eigenvalue weighted by molar-refractivity contribution is -0.130. The van der Waals surface area contributed by atoms with Gasteiger partial charge in [-0.25, -0.2) is 0 Å². The SMILES string of the molecule is NCC(=O)N1CCc2c(Cl)cccc2C1. The number of nitrogens with two attached hydrogens (primary N) is 1. The first kappa shape index (κ1) is 10.5. The van der Waals surface area contributed by atoms with E-state index in [9.17, 15) is 4.79 Å². The lowest BCUT2D eigenvalue weighted by Crippen LogP contribution is -2.39. The Morgan fingerprint density at radius 3 is 3.07 bits per heavy atom. The number of nitrogens with zero attached hydrogens (tertiary/aromatic N) is 1. The van der Waals surface area contributed by atoms with Crippen LogP contribution in [-0.4, -0.2) is 23.9 Å². The van der Waals surface area contributed by atoms with Gasteiger partial charge in [-0.05, 0) is 23.6 Å². The van der Waals surface area contributed by atoms with Crippen molar-refractivity contribution in [1.29, 1.82) is 0 Å². The number of hydrogen-bond acceptors (Lipinski definition) is 2. The van der Waals surface area contributed by atoms with Gasteiger partial charge in [0.2, 0.25) is 5.91 Å². The fourth-order valence-electron chi connectivity index (χ4n) is 1.90. The molecular formula is C11H13ClN2O. The van der Waals surface area contributed by atoms with E-state index in [0.29, 0.717) is 13.1 Å². The first-order valence-corrected chi connectivity index (χ1v) is 5.34. The molecule has 15 heavy (non-hydrogen) atoms. The predicted molar refractivity (Wildman–Crippen MR) is 59.6 cm³/mol. The lowest BCUT2D eigenvalue weighted by atomic mass is 10.00. The summed E-state index contributed by atoms with van der Waals surface area (Å²) in [5.41, 5.74) is 7.64. The number of carbonyl (C=O) groups is 1. The minimum Gasteiger partial charge on any atom is -0.337 e. The van der Waals surface area contributed by atoms with E-state index in [2.05, 4.69) is 0 Å².